The molecule has 3 nitrogen and oxygen atoms in total. The van der Waals surface area contributed by atoms with Gasteiger partial charge in [-0.15, -0.1) is 0 Å². The Morgan fingerprint density at radius 1 is 1.37 bits per heavy atom. The molecule has 0 spiro atoms. The predicted octanol–water partition coefficient (Wildman–Crippen LogP) is 4.03. The van der Waals surface area contributed by atoms with Crippen molar-refractivity contribution < 1.29 is 9.90 Å². The highest BCUT2D eigenvalue weighted by Crippen LogP contribution is 2.28. The van der Waals surface area contributed by atoms with Gasteiger partial charge in [-0.1, -0.05) is 35.8 Å². The van der Waals surface area contributed by atoms with Crippen LogP contribution in [0, 0.1) is 5.92 Å². The molecule has 1 aromatic carbocycles. The van der Waals surface area contributed by atoms with E-state index in [0.717, 1.165) is 15.7 Å². The summed E-state index contributed by atoms with van der Waals surface area (Å²) in [4.78, 5) is 12.8. The highest BCUT2D eigenvalue weighted by Gasteiger charge is 2.16. The van der Waals surface area contributed by atoms with E-state index >= 15 is 0 Å². The van der Waals surface area contributed by atoms with Gasteiger partial charge in [0.15, 0.2) is 0 Å². The van der Waals surface area contributed by atoms with Crippen molar-refractivity contribution in [2.24, 2.45) is 5.92 Å². The average molecular weight is 326 g/mol. The largest absolute Gasteiger partial charge is 0.478 e. The molecule has 0 saturated carbocycles. The molecule has 0 aliphatic rings. The Labute approximate surface area is 123 Å². The molecule has 0 aromatic heterocycles. The number of hydrogen-bond acceptors (Lipinski definition) is 2. The molecule has 0 radical (unpaired) electrons. The quantitative estimate of drug-likeness (QED) is 0.831. The van der Waals surface area contributed by atoms with Crippen LogP contribution in [0.25, 0.3) is 6.08 Å². The summed E-state index contributed by atoms with van der Waals surface area (Å²) in [7, 11) is 2.03. The molecule has 104 valence electrons. The van der Waals surface area contributed by atoms with Crippen molar-refractivity contribution in [3.63, 3.8) is 0 Å². The molecule has 19 heavy (non-hydrogen) atoms. The van der Waals surface area contributed by atoms with Crippen molar-refractivity contribution in [2.75, 3.05) is 11.9 Å². The lowest BCUT2D eigenvalue weighted by Gasteiger charge is -2.31. The van der Waals surface area contributed by atoms with Crippen LogP contribution in [0.4, 0.5) is 5.69 Å². The lowest BCUT2D eigenvalue weighted by molar-refractivity contribution is -0.131. The molecule has 0 heterocycles. The third-order valence-corrected chi connectivity index (χ3v) is 3.85. The molecule has 0 aliphatic carbocycles. The SMILES string of the molecule is CC(C)C(C)N(C)c1cc(Br)ccc1/C=C/C(=O)O. The summed E-state index contributed by atoms with van der Waals surface area (Å²) in [6, 6.07) is 6.22. The summed E-state index contributed by atoms with van der Waals surface area (Å²) in [6.45, 7) is 6.51. The van der Waals surface area contributed by atoms with Gasteiger partial charge in [-0.25, -0.2) is 4.79 Å². The Morgan fingerprint density at radius 3 is 2.53 bits per heavy atom. The van der Waals surface area contributed by atoms with Crippen LogP contribution in [-0.2, 0) is 4.79 Å². The molecule has 0 aliphatic heterocycles. The molecule has 1 aromatic rings. The summed E-state index contributed by atoms with van der Waals surface area (Å²) in [5.74, 6) is -0.422. The molecule has 4 heteroatoms. The zero-order valence-corrected chi connectivity index (χ0v) is 13.3. The monoisotopic (exact) mass is 325 g/mol. The maximum Gasteiger partial charge on any atom is 0.328 e. The zero-order valence-electron chi connectivity index (χ0n) is 11.7. The third kappa shape index (κ3) is 4.39. The minimum Gasteiger partial charge on any atom is -0.478 e. The molecule has 0 bridgehead atoms. The van der Waals surface area contributed by atoms with Gasteiger partial charge in [0, 0.05) is 29.3 Å². The number of hydrogen-bond donors (Lipinski definition) is 1. The van der Waals surface area contributed by atoms with Gasteiger partial charge in [-0.2, -0.15) is 0 Å². The van der Waals surface area contributed by atoms with Crippen LogP contribution in [0.2, 0.25) is 0 Å². The highest BCUT2D eigenvalue weighted by molar-refractivity contribution is 9.10. The minimum absolute atomic E-state index is 0.367. The Morgan fingerprint density at radius 2 is 2.00 bits per heavy atom. The molecule has 0 saturated heterocycles. The van der Waals surface area contributed by atoms with E-state index in [4.69, 9.17) is 5.11 Å². The first-order chi connectivity index (χ1) is 8.82. The number of anilines is 1. The summed E-state index contributed by atoms with van der Waals surface area (Å²) in [5, 5.41) is 8.75. The fraction of sp³-hybridized carbons (Fsp3) is 0.400. The second-order valence-corrected chi connectivity index (χ2v) is 5.89. The number of halogens is 1. The number of carboxylic acid groups (broad SMARTS) is 1. The molecular formula is C15H20BrNO2. The van der Waals surface area contributed by atoms with Crippen LogP contribution in [0.15, 0.2) is 28.7 Å². The Hall–Kier alpha value is -1.29. The van der Waals surface area contributed by atoms with Gasteiger partial charge in [0.1, 0.15) is 0 Å². The van der Waals surface area contributed by atoms with E-state index in [9.17, 15) is 4.79 Å². The first-order valence-electron chi connectivity index (χ1n) is 6.26. The number of aliphatic carboxylic acids is 1. The molecule has 0 fully saturated rings. The van der Waals surface area contributed by atoms with Crippen molar-refractivity contribution >= 4 is 33.7 Å². The van der Waals surface area contributed by atoms with E-state index < -0.39 is 5.97 Å². The number of carbonyl (C=O) groups is 1. The van der Waals surface area contributed by atoms with Gasteiger partial charge in [0.25, 0.3) is 0 Å². The number of nitrogens with zero attached hydrogens (tertiary/aromatic N) is 1. The second kappa shape index (κ2) is 6.75. The lowest BCUT2D eigenvalue weighted by atomic mass is 10.0. The second-order valence-electron chi connectivity index (χ2n) is 4.97. The fourth-order valence-corrected chi connectivity index (χ4v) is 2.14. The van der Waals surface area contributed by atoms with E-state index in [1.165, 1.54) is 6.08 Å². The van der Waals surface area contributed by atoms with Crippen LogP contribution in [0.1, 0.15) is 26.3 Å². The molecule has 1 N–H and O–H groups in total. The smallest absolute Gasteiger partial charge is 0.328 e. The van der Waals surface area contributed by atoms with Gasteiger partial charge >= 0.3 is 5.97 Å². The number of carboxylic acids is 1. The Kier molecular flexibility index (Phi) is 5.60. The predicted molar refractivity (Wildman–Crippen MR) is 83.5 cm³/mol. The van der Waals surface area contributed by atoms with Crippen LogP contribution in [-0.4, -0.2) is 24.2 Å². The van der Waals surface area contributed by atoms with Crippen LogP contribution in [0.5, 0.6) is 0 Å². The van der Waals surface area contributed by atoms with Crippen LogP contribution >= 0.6 is 15.9 Å². The maximum absolute atomic E-state index is 10.7. The lowest BCUT2D eigenvalue weighted by Crippen LogP contribution is -2.33. The fourth-order valence-electron chi connectivity index (χ4n) is 1.79. The van der Waals surface area contributed by atoms with E-state index in [0.29, 0.717) is 12.0 Å². The summed E-state index contributed by atoms with van der Waals surface area (Å²) in [6.07, 6.45) is 2.80. The van der Waals surface area contributed by atoms with Crippen LogP contribution in [0.3, 0.4) is 0 Å². The van der Waals surface area contributed by atoms with E-state index in [1.807, 2.05) is 25.2 Å². The Bertz CT molecular complexity index is 483. The van der Waals surface area contributed by atoms with E-state index in [-0.39, 0.29) is 0 Å². The minimum atomic E-state index is -0.937. The molecular weight excluding hydrogens is 306 g/mol. The van der Waals surface area contributed by atoms with Crippen LogP contribution < -0.4 is 4.90 Å². The number of rotatable bonds is 5. The van der Waals surface area contributed by atoms with Crippen molar-refractivity contribution in [2.45, 2.75) is 26.8 Å². The standard InChI is InChI=1S/C15H20BrNO2/c1-10(2)11(3)17(4)14-9-13(16)7-5-12(14)6-8-15(18)19/h5-11H,1-4H3,(H,18,19)/b8-6+. The maximum atomic E-state index is 10.7. The summed E-state index contributed by atoms with van der Waals surface area (Å²) >= 11 is 3.46. The average Bonchev–Trinajstić information content (AvgIpc) is 2.35. The molecule has 0 amide bonds. The van der Waals surface area contributed by atoms with Crippen molar-refractivity contribution in [1.29, 1.82) is 0 Å². The summed E-state index contributed by atoms with van der Waals surface area (Å²) in [5.41, 5.74) is 1.92. The van der Waals surface area contributed by atoms with E-state index in [2.05, 4.69) is 41.6 Å². The van der Waals surface area contributed by atoms with Gasteiger partial charge in [0.05, 0.1) is 0 Å². The Balaban J connectivity index is 3.16. The first kappa shape index (κ1) is 15.8. The molecule has 1 atom stereocenters. The van der Waals surface area contributed by atoms with Gasteiger partial charge in [-0.3, -0.25) is 0 Å². The number of benzene rings is 1. The van der Waals surface area contributed by atoms with Gasteiger partial charge in [0.2, 0.25) is 0 Å². The molecule has 1 unspecified atom stereocenters. The van der Waals surface area contributed by atoms with Gasteiger partial charge < -0.3 is 10.0 Å². The van der Waals surface area contributed by atoms with Crippen molar-refractivity contribution in [3.05, 3.63) is 34.3 Å². The topological polar surface area (TPSA) is 40.5 Å². The van der Waals surface area contributed by atoms with Crippen molar-refractivity contribution in [3.8, 4) is 0 Å². The first-order valence-corrected chi connectivity index (χ1v) is 7.05. The van der Waals surface area contributed by atoms with Crippen molar-refractivity contribution in [1.82, 2.24) is 0 Å². The summed E-state index contributed by atoms with van der Waals surface area (Å²) < 4.78 is 0.984. The third-order valence-electron chi connectivity index (χ3n) is 3.35. The van der Waals surface area contributed by atoms with Gasteiger partial charge in [-0.05, 0) is 36.6 Å². The zero-order chi connectivity index (χ0) is 14.6. The normalized spacial score (nSPS) is 12.9. The highest BCUT2D eigenvalue weighted by atomic mass is 79.9. The van der Waals surface area contributed by atoms with E-state index in [1.54, 1.807) is 6.08 Å². The molecule has 1 rings (SSSR count).